The fraction of sp³-hybridized carbons (Fsp3) is 0.241. The van der Waals surface area contributed by atoms with Gasteiger partial charge in [0, 0.05) is 49.9 Å². The third-order valence-corrected chi connectivity index (χ3v) is 6.99. The van der Waals surface area contributed by atoms with Crippen molar-refractivity contribution in [3.05, 3.63) is 100.0 Å². The molecule has 1 aliphatic heterocycles. The predicted molar refractivity (Wildman–Crippen MR) is 145 cm³/mol. The third-order valence-electron chi connectivity index (χ3n) is 6.78. The fourth-order valence-electron chi connectivity index (χ4n) is 4.91. The molecule has 3 heterocycles. The minimum Gasteiger partial charge on any atom is -0.406 e. The number of carbonyl (C=O) groups is 1. The van der Waals surface area contributed by atoms with E-state index in [1.54, 1.807) is 24.3 Å². The maximum atomic E-state index is 13.4. The largest absolute Gasteiger partial charge is 0.573 e. The average molecular weight is 609 g/mol. The summed E-state index contributed by atoms with van der Waals surface area (Å²) < 4.78 is 82.9. The molecule has 1 amide bonds. The van der Waals surface area contributed by atoms with Gasteiger partial charge in [-0.25, -0.2) is 9.78 Å². The number of benzene rings is 2. The molecular weight excluding hydrogens is 586 g/mol. The molecule has 2 aromatic heterocycles. The van der Waals surface area contributed by atoms with Crippen LogP contribution >= 0.6 is 11.6 Å². The highest BCUT2D eigenvalue weighted by atomic mass is 35.5. The van der Waals surface area contributed by atoms with Crippen LogP contribution in [0.1, 0.15) is 27.9 Å². The highest BCUT2D eigenvalue weighted by Crippen LogP contribution is 2.35. The van der Waals surface area contributed by atoms with Gasteiger partial charge in [0.05, 0.1) is 11.1 Å². The van der Waals surface area contributed by atoms with Crippen molar-refractivity contribution in [3.63, 3.8) is 0 Å². The Labute approximate surface area is 241 Å². The molecule has 42 heavy (non-hydrogen) atoms. The second kappa shape index (κ2) is 11.7. The summed E-state index contributed by atoms with van der Waals surface area (Å²) in [5, 5.41) is 3.55. The van der Waals surface area contributed by atoms with Gasteiger partial charge in [-0.2, -0.15) is 13.2 Å². The van der Waals surface area contributed by atoms with Gasteiger partial charge in [-0.05, 0) is 59.2 Å². The van der Waals surface area contributed by atoms with Crippen molar-refractivity contribution in [2.75, 3.05) is 13.1 Å². The highest BCUT2D eigenvalue weighted by Gasteiger charge is 2.33. The van der Waals surface area contributed by atoms with Gasteiger partial charge < -0.3 is 10.1 Å². The number of pyridine rings is 1. The molecule has 0 atom stereocenters. The van der Waals surface area contributed by atoms with Crippen LogP contribution in [0.25, 0.3) is 17.0 Å². The molecule has 220 valence electrons. The van der Waals surface area contributed by atoms with Gasteiger partial charge in [-0.3, -0.25) is 9.47 Å². The molecule has 2 aromatic carbocycles. The number of rotatable bonds is 6. The van der Waals surface area contributed by atoms with E-state index in [1.807, 2.05) is 4.90 Å². The molecule has 0 saturated heterocycles. The molecular formula is C29H23ClF6N4O2. The Morgan fingerprint density at radius 2 is 1.81 bits per heavy atom. The normalized spacial score (nSPS) is 14.4. The molecule has 0 bridgehead atoms. The number of amides is 1. The lowest BCUT2D eigenvalue weighted by Gasteiger charge is -2.27. The summed E-state index contributed by atoms with van der Waals surface area (Å²) in [5.41, 5.74) is 2.37. The minimum atomic E-state index is -4.88. The Bertz CT molecular complexity index is 1630. The van der Waals surface area contributed by atoms with Crippen LogP contribution in [-0.2, 0) is 25.7 Å². The van der Waals surface area contributed by atoms with Crippen molar-refractivity contribution >= 4 is 34.6 Å². The zero-order valence-corrected chi connectivity index (χ0v) is 22.5. The Morgan fingerprint density at radius 1 is 1.05 bits per heavy atom. The maximum Gasteiger partial charge on any atom is 0.573 e. The Balaban J connectivity index is 1.38. The van der Waals surface area contributed by atoms with Gasteiger partial charge in [0.15, 0.2) is 0 Å². The Hall–Kier alpha value is -4.03. The first-order valence-corrected chi connectivity index (χ1v) is 13.1. The molecule has 6 nitrogen and oxygen atoms in total. The van der Waals surface area contributed by atoms with Crippen molar-refractivity contribution in [1.29, 1.82) is 0 Å². The molecule has 5 rings (SSSR count). The number of carbonyl (C=O) groups excluding carboxylic acids is 1. The lowest BCUT2D eigenvalue weighted by molar-refractivity contribution is -0.274. The summed E-state index contributed by atoms with van der Waals surface area (Å²) in [6, 6.07) is 11.5. The molecule has 0 spiro atoms. The predicted octanol–water partition coefficient (Wildman–Crippen LogP) is 7.44. The first kappa shape index (κ1) is 29.5. The molecule has 4 aromatic rings. The van der Waals surface area contributed by atoms with Crippen molar-refractivity contribution in [1.82, 2.24) is 19.8 Å². The van der Waals surface area contributed by atoms with Crippen molar-refractivity contribution in [2.24, 2.45) is 0 Å². The first-order valence-electron chi connectivity index (χ1n) is 12.7. The number of nitrogens with one attached hydrogen (secondary N) is 1. The number of halogens is 7. The zero-order valence-electron chi connectivity index (χ0n) is 21.8. The van der Waals surface area contributed by atoms with Gasteiger partial charge in [0.1, 0.15) is 10.9 Å². The van der Waals surface area contributed by atoms with Crippen LogP contribution in [-0.4, -0.2) is 39.9 Å². The summed E-state index contributed by atoms with van der Waals surface area (Å²) >= 11 is 5.93. The topological polar surface area (TPSA) is 59.4 Å². The molecule has 0 fully saturated rings. The molecule has 1 aliphatic rings. The average Bonchev–Trinajstić information content (AvgIpc) is 3.24. The first-order chi connectivity index (χ1) is 19.9. The number of ether oxygens (including phenoxy) is 1. The van der Waals surface area contributed by atoms with Gasteiger partial charge in [-0.1, -0.05) is 35.9 Å². The van der Waals surface area contributed by atoms with E-state index in [2.05, 4.69) is 15.0 Å². The number of alkyl halides is 6. The molecule has 0 saturated carbocycles. The summed E-state index contributed by atoms with van der Waals surface area (Å²) in [6.45, 7) is 1.46. The quantitative estimate of drug-likeness (QED) is 0.183. The summed E-state index contributed by atoms with van der Waals surface area (Å²) in [7, 11) is 0. The SMILES string of the molecule is O=C(NCc1ccnc(Cl)c1)n1c2c(c3cc(OC(F)(F)F)ccc31)CN(CC=Cc1ccc(C(F)(F)F)cc1)CC2. The van der Waals surface area contributed by atoms with Gasteiger partial charge in [0.25, 0.3) is 0 Å². The Morgan fingerprint density at radius 3 is 2.50 bits per heavy atom. The van der Waals surface area contributed by atoms with Crippen LogP contribution in [0.2, 0.25) is 5.15 Å². The van der Waals surface area contributed by atoms with E-state index in [0.717, 1.165) is 23.8 Å². The van der Waals surface area contributed by atoms with Gasteiger partial charge >= 0.3 is 18.6 Å². The molecule has 1 N–H and O–H groups in total. The van der Waals surface area contributed by atoms with Crippen molar-refractivity contribution in [3.8, 4) is 5.75 Å². The van der Waals surface area contributed by atoms with Crippen LogP contribution in [0.4, 0.5) is 31.1 Å². The fourth-order valence-corrected chi connectivity index (χ4v) is 5.11. The second-order valence-corrected chi connectivity index (χ2v) is 10.0. The number of nitrogens with zero attached hydrogens (tertiary/aromatic N) is 3. The summed E-state index contributed by atoms with van der Waals surface area (Å²) in [4.78, 5) is 19.3. The summed E-state index contributed by atoms with van der Waals surface area (Å²) in [5.74, 6) is -0.402. The Kier molecular flexibility index (Phi) is 8.20. The van der Waals surface area contributed by atoms with E-state index in [-0.39, 0.29) is 11.7 Å². The van der Waals surface area contributed by atoms with Crippen LogP contribution in [0.5, 0.6) is 5.75 Å². The van der Waals surface area contributed by atoms with E-state index >= 15 is 0 Å². The van der Waals surface area contributed by atoms with Crippen LogP contribution in [0, 0.1) is 0 Å². The number of aromatic nitrogens is 2. The summed E-state index contributed by atoms with van der Waals surface area (Å²) in [6.07, 6.45) is -3.84. The van der Waals surface area contributed by atoms with E-state index in [1.165, 1.54) is 35.0 Å². The third kappa shape index (κ3) is 6.88. The van der Waals surface area contributed by atoms with Crippen molar-refractivity contribution < 1.29 is 35.9 Å². The number of hydrogen-bond acceptors (Lipinski definition) is 4. The molecule has 13 heteroatoms. The zero-order chi connectivity index (χ0) is 30.1. The molecule has 0 aliphatic carbocycles. The second-order valence-electron chi connectivity index (χ2n) is 9.64. The highest BCUT2D eigenvalue weighted by molar-refractivity contribution is 6.29. The van der Waals surface area contributed by atoms with Crippen LogP contribution in [0.15, 0.2) is 66.9 Å². The number of fused-ring (bicyclic) bond motifs is 3. The monoisotopic (exact) mass is 608 g/mol. The molecule has 0 radical (unpaired) electrons. The minimum absolute atomic E-state index is 0.158. The maximum absolute atomic E-state index is 13.4. The van der Waals surface area contributed by atoms with E-state index in [0.29, 0.717) is 53.8 Å². The molecule has 0 unspecified atom stereocenters. The standard InChI is InChI=1S/C29H23ClF6N4O2/c30-26-14-19(9-11-37-26)16-38-27(41)40-24-8-7-21(42-29(34,35)36)15-22(24)23-17-39(13-10-25(23)40)12-1-2-18-3-5-20(6-4-18)28(31,32)33/h1-9,11,14-15H,10,12-13,16-17H2,(H,38,41). The van der Waals surface area contributed by atoms with Gasteiger partial charge in [-0.15, -0.1) is 13.2 Å². The smallest absolute Gasteiger partial charge is 0.406 e. The lowest BCUT2D eigenvalue weighted by Crippen LogP contribution is -2.34. The van der Waals surface area contributed by atoms with Crippen LogP contribution in [0.3, 0.4) is 0 Å². The number of hydrogen-bond donors (Lipinski definition) is 1. The van der Waals surface area contributed by atoms with Crippen molar-refractivity contribution in [2.45, 2.75) is 32.0 Å². The van der Waals surface area contributed by atoms with Gasteiger partial charge in [0.2, 0.25) is 0 Å². The van der Waals surface area contributed by atoms with E-state index in [4.69, 9.17) is 11.6 Å². The van der Waals surface area contributed by atoms with E-state index < -0.39 is 29.9 Å². The van der Waals surface area contributed by atoms with Crippen LogP contribution < -0.4 is 10.1 Å². The lowest BCUT2D eigenvalue weighted by atomic mass is 10.0. The van der Waals surface area contributed by atoms with E-state index in [9.17, 15) is 31.1 Å².